The quantitative estimate of drug-likeness (QED) is 0.862. The van der Waals surface area contributed by atoms with Gasteiger partial charge < -0.3 is 10.1 Å². The molecule has 21 heavy (non-hydrogen) atoms. The van der Waals surface area contributed by atoms with Gasteiger partial charge in [-0.25, -0.2) is 0 Å². The van der Waals surface area contributed by atoms with Gasteiger partial charge in [-0.05, 0) is 31.2 Å². The zero-order valence-electron chi connectivity index (χ0n) is 11.6. The second-order valence-electron chi connectivity index (χ2n) is 4.31. The summed E-state index contributed by atoms with van der Waals surface area (Å²) in [6.45, 7) is 2.90. The summed E-state index contributed by atoms with van der Waals surface area (Å²) in [5.74, 6) is 0.440. The van der Waals surface area contributed by atoms with Crippen molar-refractivity contribution in [2.24, 2.45) is 0 Å². The smallest absolute Gasteiger partial charge is 0.288 e. The van der Waals surface area contributed by atoms with Gasteiger partial charge in [-0.2, -0.15) is 0 Å². The van der Waals surface area contributed by atoms with E-state index in [1.807, 2.05) is 6.92 Å². The molecule has 1 aliphatic heterocycles. The minimum absolute atomic E-state index is 0.186. The van der Waals surface area contributed by atoms with Gasteiger partial charge in [0.05, 0.1) is 12.4 Å². The van der Waals surface area contributed by atoms with Crippen molar-refractivity contribution in [3.05, 3.63) is 29.8 Å². The van der Waals surface area contributed by atoms with Crippen LogP contribution in [0.5, 0.6) is 5.75 Å². The zero-order valence-corrected chi connectivity index (χ0v) is 12.4. The molecule has 1 heterocycles. The highest BCUT2D eigenvalue weighted by atomic mass is 32.2. The minimum Gasteiger partial charge on any atom is -0.494 e. The number of ether oxygens (including phenoxy) is 1. The zero-order chi connectivity index (χ0) is 15.2. The highest BCUT2D eigenvalue weighted by Gasteiger charge is 2.29. The number of rotatable bonds is 6. The van der Waals surface area contributed by atoms with E-state index >= 15 is 0 Å². The SMILES string of the molecule is CCOc1ccc(C(=O)NCCN2C(=O)CSC2=O)cc1. The summed E-state index contributed by atoms with van der Waals surface area (Å²) in [5, 5.41) is 2.43. The molecule has 0 aromatic heterocycles. The van der Waals surface area contributed by atoms with Crippen LogP contribution >= 0.6 is 11.8 Å². The lowest BCUT2D eigenvalue weighted by molar-refractivity contribution is -0.124. The first-order valence-electron chi connectivity index (χ1n) is 6.60. The number of carbonyl (C=O) groups excluding carboxylic acids is 3. The Bertz CT molecular complexity index is 528. The Morgan fingerprint density at radius 2 is 2.05 bits per heavy atom. The van der Waals surface area contributed by atoms with Gasteiger partial charge in [-0.1, -0.05) is 11.8 Å². The number of benzene rings is 1. The number of thioether (sulfide) groups is 1. The van der Waals surface area contributed by atoms with Gasteiger partial charge in [0.2, 0.25) is 5.91 Å². The second kappa shape index (κ2) is 7.12. The third-order valence-corrected chi connectivity index (χ3v) is 3.75. The summed E-state index contributed by atoms with van der Waals surface area (Å²) in [6, 6.07) is 6.79. The number of amides is 3. The fraction of sp³-hybridized carbons (Fsp3) is 0.357. The number of nitrogens with one attached hydrogen (secondary N) is 1. The van der Waals surface area contributed by atoms with Crippen molar-refractivity contribution in [1.82, 2.24) is 10.2 Å². The number of hydrogen-bond acceptors (Lipinski definition) is 5. The molecule has 0 bridgehead atoms. The van der Waals surface area contributed by atoms with E-state index in [2.05, 4.69) is 5.32 Å². The van der Waals surface area contributed by atoms with Crippen LogP contribution in [0.4, 0.5) is 4.79 Å². The molecule has 1 aromatic carbocycles. The second-order valence-corrected chi connectivity index (χ2v) is 5.24. The fourth-order valence-corrected chi connectivity index (χ4v) is 2.60. The molecule has 0 unspecified atom stereocenters. The van der Waals surface area contributed by atoms with Gasteiger partial charge in [0.25, 0.3) is 11.1 Å². The van der Waals surface area contributed by atoms with Gasteiger partial charge in [0.15, 0.2) is 0 Å². The van der Waals surface area contributed by atoms with Crippen LogP contribution in [0.3, 0.4) is 0 Å². The lowest BCUT2D eigenvalue weighted by atomic mass is 10.2. The first-order valence-corrected chi connectivity index (χ1v) is 7.58. The van der Waals surface area contributed by atoms with Crippen molar-refractivity contribution >= 4 is 28.8 Å². The Labute approximate surface area is 126 Å². The summed E-state index contributed by atoms with van der Waals surface area (Å²) in [4.78, 5) is 35.8. The van der Waals surface area contributed by atoms with Gasteiger partial charge >= 0.3 is 0 Å². The number of hydrogen-bond donors (Lipinski definition) is 1. The van der Waals surface area contributed by atoms with Crippen molar-refractivity contribution in [1.29, 1.82) is 0 Å². The highest BCUT2D eigenvalue weighted by molar-refractivity contribution is 8.14. The summed E-state index contributed by atoms with van der Waals surface area (Å²) in [5.41, 5.74) is 0.506. The molecule has 2 rings (SSSR count). The third kappa shape index (κ3) is 3.98. The first kappa shape index (κ1) is 15.4. The van der Waals surface area contributed by atoms with Crippen molar-refractivity contribution < 1.29 is 19.1 Å². The fourth-order valence-electron chi connectivity index (χ4n) is 1.85. The normalized spacial score (nSPS) is 14.4. The predicted octanol–water partition coefficient (Wildman–Crippen LogP) is 1.51. The molecule has 1 saturated heterocycles. The molecule has 0 saturated carbocycles. The van der Waals surface area contributed by atoms with Crippen LogP contribution in [0.15, 0.2) is 24.3 Å². The van der Waals surface area contributed by atoms with E-state index in [0.29, 0.717) is 17.9 Å². The molecule has 3 amide bonds. The van der Waals surface area contributed by atoms with Gasteiger partial charge in [0.1, 0.15) is 5.75 Å². The topological polar surface area (TPSA) is 75.7 Å². The summed E-state index contributed by atoms with van der Waals surface area (Å²) in [7, 11) is 0. The molecule has 112 valence electrons. The molecule has 1 N–H and O–H groups in total. The summed E-state index contributed by atoms with van der Waals surface area (Å²) < 4.78 is 5.30. The molecule has 1 aliphatic rings. The van der Waals surface area contributed by atoms with Crippen LogP contribution in [-0.2, 0) is 4.79 Å². The Morgan fingerprint density at radius 1 is 1.33 bits per heavy atom. The number of carbonyl (C=O) groups is 3. The molecule has 1 aromatic rings. The average molecular weight is 308 g/mol. The van der Waals surface area contributed by atoms with Crippen molar-refractivity contribution in [3.63, 3.8) is 0 Å². The average Bonchev–Trinajstić information content (AvgIpc) is 2.80. The van der Waals surface area contributed by atoms with Crippen molar-refractivity contribution in [2.75, 3.05) is 25.4 Å². The maximum absolute atomic E-state index is 11.9. The van der Waals surface area contributed by atoms with E-state index in [-0.39, 0.29) is 35.9 Å². The maximum atomic E-state index is 11.9. The standard InChI is InChI=1S/C14H16N2O4S/c1-2-20-11-5-3-10(4-6-11)13(18)15-7-8-16-12(17)9-21-14(16)19/h3-6H,2,7-9H2,1H3,(H,15,18). The van der Waals surface area contributed by atoms with Crippen LogP contribution in [-0.4, -0.2) is 47.4 Å². The summed E-state index contributed by atoms with van der Waals surface area (Å²) >= 11 is 0.986. The molecule has 0 atom stereocenters. The van der Waals surface area contributed by atoms with Gasteiger partial charge in [-0.15, -0.1) is 0 Å². The molecule has 1 fully saturated rings. The lowest BCUT2D eigenvalue weighted by Crippen LogP contribution is -2.37. The van der Waals surface area contributed by atoms with E-state index in [9.17, 15) is 14.4 Å². The number of nitrogens with zero attached hydrogens (tertiary/aromatic N) is 1. The third-order valence-electron chi connectivity index (χ3n) is 2.89. The Kier molecular flexibility index (Phi) is 5.21. The van der Waals surface area contributed by atoms with Crippen molar-refractivity contribution in [2.45, 2.75) is 6.92 Å². The van der Waals surface area contributed by atoms with Crippen LogP contribution in [0.25, 0.3) is 0 Å². The summed E-state index contributed by atoms with van der Waals surface area (Å²) in [6.07, 6.45) is 0. The van der Waals surface area contributed by atoms with Crippen LogP contribution in [0, 0.1) is 0 Å². The van der Waals surface area contributed by atoms with E-state index in [1.54, 1.807) is 24.3 Å². The van der Waals surface area contributed by atoms with E-state index in [4.69, 9.17) is 4.74 Å². The molecule has 7 heteroatoms. The first-order chi connectivity index (χ1) is 10.1. The van der Waals surface area contributed by atoms with Crippen LogP contribution in [0.2, 0.25) is 0 Å². The predicted molar refractivity (Wildman–Crippen MR) is 79.5 cm³/mol. The Hall–Kier alpha value is -2.02. The Balaban J connectivity index is 1.81. The molecule has 0 aliphatic carbocycles. The van der Waals surface area contributed by atoms with Gasteiger partial charge in [0, 0.05) is 18.7 Å². The van der Waals surface area contributed by atoms with Crippen LogP contribution < -0.4 is 10.1 Å². The molecular formula is C14H16N2O4S. The monoisotopic (exact) mass is 308 g/mol. The molecule has 0 radical (unpaired) electrons. The molecule has 6 nitrogen and oxygen atoms in total. The lowest BCUT2D eigenvalue weighted by Gasteiger charge is -2.13. The van der Waals surface area contributed by atoms with E-state index in [0.717, 1.165) is 16.7 Å². The molecular weight excluding hydrogens is 292 g/mol. The van der Waals surface area contributed by atoms with E-state index in [1.165, 1.54) is 0 Å². The minimum atomic E-state index is -0.254. The van der Waals surface area contributed by atoms with Crippen LogP contribution in [0.1, 0.15) is 17.3 Å². The number of imide groups is 1. The Morgan fingerprint density at radius 3 is 2.62 bits per heavy atom. The van der Waals surface area contributed by atoms with Crippen molar-refractivity contribution in [3.8, 4) is 5.75 Å². The highest BCUT2D eigenvalue weighted by Crippen LogP contribution is 2.17. The largest absolute Gasteiger partial charge is 0.494 e. The van der Waals surface area contributed by atoms with Gasteiger partial charge in [-0.3, -0.25) is 19.3 Å². The maximum Gasteiger partial charge on any atom is 0.288 e. The molecule has 0 spiro atoms. The van der Waals surface area contributed by atoms with E-state index < -0.39 is 0 Å².